The van der Waals surface area contributed by atoms with Crippen molar-refractivity contribution < 1.29 is 23.7 Å². The van der Waals surface area contributed by atoms with E-state index in [1.54, 1.807) is 61.8 Å². The molecule has 0 radical (unpaired) electrons. The fourth-order valence-electron chi connectivity index (χ4n) is 4.30. The van der Waals surface area contributed by atoms with Crippen LogP contribution >= 0.6 is 0 Å². The highest BCUT2D eigenvalue weighted by molar-refractivity contribution is 6.04. The van der Waals surface area contributed by atoms with Gasteiger partial charge in [-0.2, -0.15) is 5.10 Å². The molecular formula is C26H28N6O5. The highest BCUT2D eigenvalue weighted by Gasteiger charge is 2.27. The molecule has 4 heterocycles. The van der Waals surface area contributed by atoms with Crippen LogP contribution in [0.25, 0.3) is 10.9 Å². The molecule has 4 aromatic rings. The molecule has 1 amide bonds. The predicted octanol–water partition coefficient (Wildman–Crippen LogP) is 3.82. The SMILES string of the molecule is CCOc1cnn(C2CCNC2)c1C(=O)Nc1ccc(Oc2ccnc3cc(OC)c(OC)cc23)cn1. The molecule has 0 bridgehead atoms. The van der Waals surface area contributed by atoms with Crippen LogP contribution in [0.5, 0.6) is 28.7 Å². The van der Waals surface area contributed by atoms with Crippen LogP contribution < -0.4 is 29.6 Å². The number of anilines is 1. The van der Waals surface area contributed by atoms with Crippen molar-refractivity contribution in [2.75, 3.05) is 39.2 Å². The van der Waals surface area contributed by atoms with Gasteiger partial charge in [0.25, 0.3) is 5.91 Å². The number of amides is 1. The lowest BCUT2D eigenvalue weighted by molar-refractivity contribution is 0.101. The van der Waals surface area contributed by atoms with Gasteiger partial charge in [0.05, 0.1) is 44.8 Å². The smallest absolute Gasteiger partial charge is 0.278 e. The fraction of sp³-hybridized carbons (Fsp3) is 0.308. The van der Waals surface area contributed by atoms with E-state index in [-0.39, 0.29) is 11.9 Å². The average Bonchev–Trinajstić information content (AvgIpc) is 3.60. The molecule has 2 N–H and O–H groups in total. The minimum atomic E-state index is -0.338. The van der Waals surface area contributed by atoms with Crippen molar-refractivity contribution in [2.24, 2.45) is 0 Å². The highest BCUT2D eigenvalue weighted by atomic mass is 16.5. The Morgan fingerprint density at radius 2 is 1.92 bits per heavy atom. The molecule has 1 aromatic carbocycles. The monoisotopic (exact) mass is 504 g/mol. The Morgan fingerprint density at radius 3 is 2.62 bits per heavy atom. The van der Waals surface area contributed by atoms with Crippen LogP contribution in [0.2, 0.25) is 0 Å². The van der Waals surface area contributed by atoms with Crippen LogP contribution in [0.4, 0.5) is 5.82 Å². The van der Waals surface area contributed by atoms with Crippen LogP contribution in [0.15, 0.2) is 48.9 Å². The van der Waals surface area contributed by atoms with Gasteiger partial charge in [-0.15, -0.1) is 0 Å². The third kappa shape index (κ3) is 4.98. The summed E-state index contributed by atoms with van der Waals surface area (Å²) in [6, 6.07) is 8.87. The topological polar surface area (TPSA) is 122 Å². The molecule has 1 fully saturated rings. The number of hydrogen-bond acceptors (Lipinski definition) is 9. The summed E-state index contributed by atoms with van der Waals surface area (Å²) >= 11 is 0. The number of pyridine rings is 2. The third-order valence-corrected chi connectivity index (χ3v) is 6.07. The van der Waals surface area contributed by atoms with Crippen molar-refractivity contribution in [3.63, 3.8) is 0 Å². The van der Waals surface area contributed by atoms with Crippen LogP contribution in [0.1, 0.15) is 29.9 Å². The summed E-state index contributed by atoms with van der Waals surface area (Å²) in [4.78, 5) is 22.0. The van der Waals surface area contributed by atoms with E-state index in [4.69, 9.17) is 18.9 Å². The summed E-state index contributed by atoms with van der Waals surface area (Å²) in [6.07, 6.45) is 5.68. The number of hydrogen-bond donors (Lipinski definition) is 2. The van der Waals surface area contributed by atoms with Gasteiger partial charge < -0.3 is 29.6 Å². The van der Waals surface area contributed by atoms with E-state index in [2.05, 4.69) is 25.7 Å². The summed E-state index contributed by atoms with van der Waals surface area (Å²) in [5, 5.41) is 11.3. The van der Waals surface area contributed by atoms with E-state index < -0.39 is 0 Å². The Labute approximate surface area is 213 Å². The highest BCUT2D eigenvalue weighted by Crippen LogP contribution is 2.37. The fourth-order valence-corrected chi connectivity index (χ4v) is 4.30. The van der Waals surface area contributed by atoms with Crippen LogP contribution in [-0.2, 0) is 0 Å². The lowest BCUT2D eigenvalue weighted by Crippen LogP contribution is -2.23. The van der Waals surface area contributed by atoms with Gasteiger partial charge in [-0.1, -0.05) is 0 Å². The number of ether oxygens (including phenoxy) is 4. The van der Waals surface area contributed by atoms with Gasteiger partial charge in [0.15, 0.2) is 22.9 Å². The van der Waals surface area contributed by atoms with Gasteiger partial charge in [-0.3, -0.25) is 14.5 Å². The number of nitrogens with zero attached hydrogens (tertiary/aromatic N) is 4. The first-order valence-corrected chi connectivity index (χ1v) is 12.0. The molecule has 1 atom stereocenters. The lowest BCUT2D eigenvalue weighted by atomic mass is 10.2. The van der Waals surface area contributed by atoms with E-state index in [0.717, 1.165) is 24.9 Å². The number of nitrogens with one attached hydrogen (secondary N) is 2. The van der Waals surface area contributed by atoms with Crippen molar-refractivity contribution in [2.45, 2.75) is 19.4 Å². The summed E-state index contributed by atoms with van der Waals surface area (Å²) in [5.41, 5.74) is 1.08. The number of carbonyl (C=O) groups is 1. The minimum absolute atomic E-state index is 0.0902. The third-order valence-electron chi connectivity index (χ3n) is 6.07. The van der Waals surface area contributed by atoms with Gasteiger partial charge in [0.2, 0.25) is 0 Å². The Bertz CT molecular complexity index is 1400. The summed E-state index contributed by atoms with van der Waals surface area (Å²) in [7, 11) is 3.15. The molecule has 3 aromatic heterocycles. The van der Waals surface area contributed by atoms with Crippen molar-refractivity contribution >= 4 is 22.6 Å². The van der Waals surface area contributed by atoms with Gasteiger partial charge >= 0.3 is 0 Å². The zero-order valence-corrected chi connectivity index (χ0v) is 20.9. The Morgan fingerprint density at radius 1 is 1.08 bits per heavy atom. The summed E-state index contributed by atoms with van der Waals surface area (Å²) in [6.45, 7) is 3.93. The van der Waals surface area contributed by atoms with Crippen molar-refractivity contribution in [3.05, 3.63) is 54.6 Å². The molecule has 37 heavy (non-hydrogen) atoms. The zero-order chi connectivity index (χ0) is 25.8. The Hall–Kier alpha value is -4.38. The molecule has 5 rings (SSSR count). The minimum Gasteiger partial charge on any atom is -0.493 e. The van der Waals surface area contributed by atoms with Gasteiger partial charge in [-0.25, -0.2) is 4.98 Å². The van der Waals surface area contributed by atoms with Crippen LogP contribution in [0, 0.1) is 0 Å². The predicted molar refractivity (Wildman–Crippen MR) is 137 cm³/mol. The van der Waals surface area contributed by atoms with Crippen LogP contribution in [-0.4, -0.2) is 59.6 Å². The first-order valence-electron chi connectivity index (χ1n) is 12.0. The number of rotatable bonds is 9. The number of fused-ring (bicyclic) bond motifs is 1. The maximum atomic E-state index is 13.2. The van der Waals surface area contributed by atoms with Gasteiger partial charge in [0.1, 0.15) is 17.3 Å². The van der Waals surface area contributed by atoms with Crippen LogP contribution in [0.3, 0.4) is 0 Å². The molecule has 0 spiro atoms. The number of methoxy groups -OCH3 is 2. The molecule has 1 aliphatic rings. The Balaban J connectivity index is 1.35. The summed E-state index contributed by atoms with van der Waals surface area (Å²) in [5.74, 6) is 2.72. The molecule has 0 aliphatic carbocycles. The largest absolute Gasteiger partial charge is 0.493 e. The zero-order valence-electron chi connectivity index (χ0n) is 20.9. The standard InChI is InChI=1S/C26H28N6O5/c1-4-36-23-15-30-32(16-7-9-27-13-16)25(23)26(33)31-24-6-5-17(14-29-24)37-20-8-10-28-19-12-22(35-3)21(34-2)11-18(19)20/h5-6,8,10-12,14-16,27H,4,7,9,13H2,1-3H3,(H,29,31,33). The number of benzene rings is 1. The molecule has 0 saturated carbocycles. The van der Waals surface area contributed by atoms with E-state index >= 15 is 0 Å². The molecule has 1 aliphatic heterocycles. The maximum absolute atomic E-state index is 13.2. The molecule has 192 valence electrons. The molecular weight excluding hydrogens is 476 g/mol. The molecule has 1 saturated heterocycles. The molecule has 1 unspecified atom stereocenters. The van der Waals surface area contributed by atoms with E-state index in [9.17, 15) is 4.79 Å². The van der Waals surface area contributed by atoms with Gasteiger partial charge in [-0.05, 0) is 44.2 Å². The normalized spacial score (nSPS) is 14.9. The van der Waals surface area contributed by atoms with Crippen molar-refractivity contribution in [3.8, 4) is 28.7 Å². The van der Waals surface area contributed by atoms with E-state index in [1.807, 2.05) is 13.0 Å². The summed E-state index contributed by atoms with van der Waals surface area (Å²) < 4.78 is 24.3. The average molecular weight is 505 g/mol. The second-order valence-corrected chi connectivity index (χ2v) is 8.35. The Kier molecular flexibility index (Phi) is 7.04. The number of carbonyl (C=O) groups excluding carboxylic acids is 1. The first-order chi connectivity index (χ1) is 18.1. The molecule has 11 heteroatoms. The molecule has 11 nitrogen and oxygen atoms in total. The van der Waals surface area contributed by atoms with Crippen molar-refractivity contribution in [1.82, 2.24) is 25.1 Å². The van der Waals surface area contributed by atoms with Crippen molar-refractivity contribution in [1.29, 1.82) is 0 Å². The quantitative estimate of drug-likeness (QED) is 0.350. The lowest BCUT2D eigenvalue weighted by Gasteiger charge is -2.15. The number of aromatic nitrogens is 4. The van der Waals surface area contributed by atoms with Gasteiger partial charge in [0, 0.05) is 24.2 Å². The van der Waals surface area contributed by atoms with E-state index in [1.165, 1.54) is 0 Å². The second-order valence-electron chi connectivity index (χ2n) is 8.35. The maximum Gasteiger partial charge on any atom is 0.278 e. The second kappa shape index (κ2) is 10.7. The first kappa shape index (κ1) is 24.3. The van der Waals surface area contributed by atoms with E-state index in [0.29, 0.717) is 52.4 Å².